The minimum Gasteiger partial charge on any atom is -0.397 e. The molecule has 0 bridgehead atoms. The fourth-order valence-corrected chi connectivity index (χ4v) is 2.99. The Kier molecular flexibility index (Phi) is 3.99. The molecule has 4 rings (SSSR count). The fourth-order valence-electron chi connectivity index (χ4n) is 2.99. The molecule has 1 aliphatic rings. The number of hydrogen-bond acceptors (Lipinski definition) is 4. The molecule has 0 aliphatic carbocycles. The van der Waals surface area contributed by atoms with Crippen molar-refractivity contribution >= 4 is 22.3 Å². The largest absolute Gasteiger partial charge is 0.416 e. The third-order valence-electron chi connectivity index (χ3n) is 4.27. The summed E-state index contributed by atoms with van der Waals surface area (Å²) in [5.74, 6) is 0. The normalized spacial score (nSPS) is 14.6. The number of nitrogens with one attached hydrogen (secondary N) is 1. The number of hydrogen-bond donors (Lipinski definition) is 2. The second-order valence-electron chi connectivity index (χ2n) is 6.06. The van der Waals surface area contributed by atoms with Crippen LogP contribution in [0.5, 0.6) is 0 Å². The summed E-state index contributed by atoms with van der Waals surface area (Å²) in [7, 11) is 0. The molecule has 4 nitrogen and oxygen atoms in total. The molecule has 1 aliphatic heterocycles. The first-order chi connectivity index (χ1) is 12.9. The predicted molar refractivity (Wildman–Crippen MR) is 99.0 cm³/mol. The van der Waals surface area contributed by atoms with E-state index in [2.05, 4.69) is 10.4 Å². The molecule has 0 saturated carbocycles. The third kappa shape index (κ3) is 3.19. The van der Waals surface area contributed by atoms with Gasteiger partial charge in [0.25, 0.3) is 0 Å². The van der Waals surface area contributed by atoms with Crippen LogP contribution in [0.2, 0.25) is 0 Å². The van der Waals surface area contributed by atoms with Crippen LogP contribution in [0, 0.1) is 0 Å². The van der Waals surface area contributed by atoms with Gasteiger partial charge >= 0.3 is 6.18 Å². The average molecular weight is 368 g/mol. The molecule has 27 heavy (non-hydrogen) atoms. The maximum Gasteiger partial charge on any atom is 0.416 e. The number of rotatable bonds is 2. The summed E-state index contributed by atoms with van der Waals surface area (Å²) in [5, 5.41) is 2.64. The van der Waals surface area contributed by atoms with Gasteiger partial charge in [0.2, 0.25) is 0 Å². The van der Waals surface area contributed by atoms with Crippen LogP contribution in [0.3, 0.4) is 0 Å². The molecule has 3 N–H and O–H groups in total. The van der Waals surface area contributed by atoms with Crippen molar-refractivity contribution in [3.05, 3.63) is 89.9 Å². The van der Waals surface area contributed by atoms with Gasteiger partial charge < -0.3 is 5.73 Å². The van der Waals surface area contributed by atoms with Crippen molar-refractivity contribution in [2.75, 3.05) is 5.01 Å². The lowest BCUT2D eigenvalue weighted by molar-refractivity contribution is -0.137. The number of hydrazine groups is 1. The van der Waals surface area contributed by atoms with Crippen molar-refractivity contribution in [3.8, 4) is 0 Å². The Labute approximate surface area is 153 Å². The van der Waals surface area contributed by atoms with Gasteiger partial charge in [0.15, 0.2) is 0 Å². The van der Waals surface area contributed by atoms with E-state index < -0.39 is 11.7 Å². The Morgan fingerprint density at radius 3 is 2.44 bits per heavy atom. The average Bonchev–Trinajstić information content (AvgIpc) is 2.67. The van der Waals surface area contributed by atoms with E-state index in [1.165, 1.54) is 12.1 Å². The van der Waals surface area contributed by atoms with E-state index >= 15 is 0 Å². The van der Waals surface area contributed by atoms with Gasteiger partial charge in [-0.05, 0) is 36.4 Å². The van der Waals surface area contributed by atoms with Crippen LogP contribution in [0.1, 0.15) is 11.1 Å². The van der Waals surface area contributed by atoms with Crippen molar-refractivity contribution in [1.29, 1.82) is 0 Å². The molecule has 7 heteroatoms. The minimum atomic E-state index is -4.38. The molecule has 0 fully saturated rings. The second-order valence-corrected chi connectivity index (χ2v) is 6.06. The highest BCUT2D eigenvalue weighted by atomic mass is 19.4. The van der Waals surface area contributed by atoms with Crippen LogP contribution in [-0.2, 0) is 6.18 Å². The predicted octanol–water partition coefficient (Wildman–Crippen LogP) is 4.42. The summed E-state index contributed by atoms with van der Waals surface area (Å²) in [6.45, 7) is 0. The van der Waals surface area contributed by atoms with Gasteiger partial charge in [0, 0.05) is 23.3 Å². The molecule has 136 valence electrons. The molecule has 0 radical (unpaired) electrons. The number of halogens is 3. The first-order valence-corrected chi connectivity index (χ1v) is 8.18. The summed E-state index contributed by atoms with van der Waals surface area (Å²) >= 11 is 0. The van der Waals surface area contributed by atoms with E-state index in [0.717, 1.165) is 28.6 Å². The van der Waals surface area contributed by atoms with E-state index in [-0.39, 0.29) is 0 Å². The van der Waals surface area contributed by atoms with Gasteiger partial charge in [-0.2, -0.15) is 13.2 Å². The van der Waals surface area contributed by atoms with Crippen molar-refractivity contribution in [2.24, 2.45) is 5.73 Å². The highest BCUT2D eigenvalue weighted by molar-refractivity contribution is 5.95. The van der Waals surface area contributed by atoms with Crippen LogP contribution in [0.4, 0.5) is 18.9 Å². The summed E-state index contributed by atoms with van der Waals surface area (Å²) in [5.41, 5.74) is 11.6. The number of nitrogens with two attached hydrogens (primary N) is 1. The van der Waals surface area contributed by atoms with Crippen LogP contribution in [-0.4, -0.2) is 4.98 Å². The van der Waals surface area contributed by atoms with E-state index in [1.54, 1.807) is 23.5 Å². The van der Waals surface area contributed by atoms with Crippen LogP contribution in [0.25, 0.3) is 16.6 Å². The molecule has 1 aromatic heterocycles. The van der Waals surface area contributed by atoms with Crippen LogP contribution < -0.4 is 16.2 Å². The van der Waals surface area contributed by atoms with Crippen LogP contribution >= 0.6 is 0 Å². The van der Waals surface area contributed by atoms with E-state index in [9.17, 15) is 13.2 Å². The van der Waals surface area contributed by atoms with Crippen molar-refractivity contribution in [2.45, 2.75) is 6.18 Å². The number of benzene rings is 2. The number of allylic oxidation sites excluding steroid dienone is 1. The topological polar surface area (TPSA) is 54.2 Å². The molecular weight excluding hydrogens is 353 g/mol. The fraction of sp³-hybridized carbons (Fsp3) is 0.0500. The molecule has 0 saturated heterocycles. The number of alkyl halides is 3. The quantitative estimate of drug-likeness (QED) is 0.703. The van der Waals surface area contributed by atoms with Crippen molar-refractivity contribution in [1.82, 2.24) is 10.4 Å². The molecule has 0 amide bonds. The molecule has 2 heterocycles. The highest BCUT2D eigenvalue weighted by Crippen LogP contribution is 2.34. The van der Waals surface area contributed by atoms with E-state index in [4.69, 9.17) is 5.73 Å². The number of para-hydroxylation sites is 1. The molecule has 0 unspecified atom stereocenters. The van der Waals surface area contributed by atoms with Gasteiger partial charge in [-0.15, -0.1) is 0 Å². The van der Waals surface area contributed by atoms with Crippen LogP contribution in [0.15, 0.2) is 78.8 Å². The van der Waals surface area contributed by atoms with Gasteiger partial charge in [-0.3, -0.25) is 15.4 Å². The number of anilines is 1. The maximum absolute atomic E-state index is 12.9. The first-order valence-electron chi connectivity index (χ1n) is 8.18. The summed E-state index contributed by atoms with van der Waals surface area (Å²) in [6, 6.07) is 14.5. The summed E-state index contributed by atoms with van der Waals surface area (Å²) in [6.07, 6.45) is 0.665. The zero-order valence-electron chi connectivity index (χ0n) is 14.0. The number of nitrogens with zero attached hydrogens (tertiary/aromatic N) is 2. The minimum absolute atomic E-state index is 0.501. The second kappa shape index (κ2) is 6.35. The lowest BCUT2D eigenvalue weighted by Gasteiger charge is -2.31. The number of aromatic nitrogens is 1. The lowest BCUT2D eigenvalue weighted by Crippen LogP contribution is -2.36. The first kappa shape index (κ1) is 17.0. The van der Waals surface area contributed by atoms with E-state index in [1.807, 2.05) is 30.3 Å². The van der Waals surface area contributed by atoms with Crippen molar-refractivity contribution < 1.29 is 13.2 Å². The van der Waals surface area contributed by atoms with Gasteiger partial charge in [-0.1, -0.05) is 24.3 Å². The third-order valence-corrected chi connectivity index (χ3v) is 4.27. The highest BCUT2D eigenvalue weighted by Gasteiger charge is 2.30. The summed E-state index contributed by atoms with van der Waals surface area (Å²) in [4.78, 5) is 4.45. The monoisotopic (exact) mass is 368 g/mol. The Morgan fingerprint density at radius 2 is 1.70 bits per heavy atom. The van der Waals surface area contributed by atoms with Crippen molar-refractivity contribution in [3.63, 3.8) is 0 Å². The SMILES string of the molecule is NC1=CNN(c2ccc(C(F)(F)F)cc2)C(c2cccc3cccnc23)=C1. The van der Waals surface area contributed by atoms with Gasteiger partial charge in [0.1, 0.15) is 0 Å². The van der Waals surface area contributed by atoms with Gasteiger partial charge in [-0.25, -0.2) is 0 Å². The Morgan fingerprint density at radius 1 is 0.963 bits per heavy atom. The molecular formula is C20H15F3N4. The zero-order chi connectivity index (χ0) is 19.0. The number of pyridine rings is 1. The lowest BCUT2D eigenvalue weighted by atomic mass is 10.0. The molecule has 3 aromatic rings. The summed E-state index contributed by atoms with van der Waals surface area (Å²) < 4.78 is 38.6. The maximum atomic E-state index is 12.9. The Hall–Kier alpha value is -3.48. The molecule has 0 atom stereocenters. The van der Waals surface area contributed by atoms with Gasteiger partial charge in [0.05, 0.1) is 28.2 Å². The Balaban J connectivity index is 1.81. The standard InChI is InChI=1S/C20H15F3N4/c21-20(22,23)14-6-8-16(9-7-14)27-18(11-15(24)12-26-27)17-5-1-3-13-4-2-10-25-19(13)17/h1-12,26H,24H2. The van der Waals surface area contributed by atoms with E-state index in [0.29, 0.717) is 17.1 Å². The smallest absolute Gasteiger partial charge is 0.397 e. The molecule has 2 aromatic carbocycles. The molecule has 0 spiro atoms. The Bertz CT molecular complexity index is 1050. The zero-order valence-corrected chi connectivity index (χ0v) is 14.0. The number of fused-ring (bicyclic) bond motifs is 1.